The topological polar surface area (TPSA) is 47.3 Å². The van der Waals surface area contributed by atoms with Gasteiger partial charge in [-0.2, -0.15) is 5.26 Å². The summed E-state index contributed by atoms with van der Waals surface area (Å²) in [7, 11) is 1.86. The predicted octanol–water partition coefficient (Wildman–Crippen LogP) is 0.843. The molecule has 1 aliphatic carbocycles. The third-order valence-electron chi connectivity index (χ3n) is 3.82. The summed E-state index contributed by atoms with van der Waals surface area (Å²) in [5.74, 6) is 0.331. The Morgan fingerprint density at radius 3 is 2.88 bits per heavy atom. The van der Waals surface area contributed by atoms with E-state index in [0.717, 1.165) is 38.8 Å². The van der Waals surface area contributed by atoms with Crippen LogP contribution in [0.25, 0.3) is 0 Å². The number of hydrogen-bond donors (Lipinski definition) is 0. The Bertz CT molecular complexity index is 310. The SMILES string of the molecule is CN1CCCN(C2CCCC2C#N)CC1=O. The van der Waals surface area contributed by atoms with Crippen molar-refractivity contribution in [3.05, 3.63) is 0 Å². The molecule has 2 aliphatic rings. The van der Waals surface area contributed by atoms with Gasteiger partial charge in [0, 0.05) is 26.2 Å². The van der Waals surface area contributed by atoms with Gasteiger partial charge in [0.2, 0.25) is 5.91 Å². The minimum atomic E-state index is 0.135. The molecule has 0 aromatic rings. The lowest BCUT2D eigenvalue weighted by atomic mass is 10.0. The number of carbonyl (C=O) groups is 1. The summed E-state index contributed by atoms with van der Waals surface area (Å²) >= 11 is 0. The Morgan fingerprint density at radius 2 is 2.12 bits per heavy atom. The van der Waals surface area contributed by atoms with Crippen LogP contribution in [0.2, 0.25) is 0 Å². The number of hydrogen-bond acceptors (Lipinski definition) is 3. The van der Waals surface area contributed by atoms with Crippen molar-refractivity contribution in [2.45, 2.75) is 31.7 Å². The molecule has 2 atom stereocenters. The molecule has 88 valence electrons. The van der Waals surface area contributed by atoms with Crippen LogP contribution in [0.4, 0.5) is 0 Å². The van der Waals surface area contributed by atoms with Gasteiger partial charge in [0.25, 0.3) is 0 Å². The van der Waals surface area contributed by atoms with E-state index in [1.54, 1.807) is 4.90 Å². The van der Waals surface area contributed by atoms with Gasteiger partial charge in [-0.15, -0.1) is 0 Å². The van der Waals surface area contributed by atoms with Gasteiger partial charge in [-0.05, 0) is 19.3 Å². The number of amides is 1. The van der Waals surface area contributed by atoms with Crippen molar-refractivity contribution in [2.24, 2.45) is 5.92 Å². The lowest BCUT2D eigenvalue weighted by Crippen LogP contribution is -2.42. The average molecular weight is 221 g/mol. The number of likely N-dealkylation sites (N-methyl/N-ethyl adjacent to an activating group) is 1. The summed E-state index contributed by atoms with van der Waals surface area (Å²) in [4.78, 5) is 15.8. The van der Waals surface area contributed by atoms with Crippen molar-refractivity contribution in [3.8, 4) is 6.07 Å². The number of rotatable bonds is 1. The molecule has 1 saturated heterocycles. The fourth-order valence-corrected chi connectivity index (χ4v) is 2.82. The molecule has 4 heteroatoms. The Balaban J connectivity index is 2.03. The highest BCUT2D eigenvalue weighted by Gasteiger charge is 2.34. The lowest BCUT2D eigenvalue weighted by Gasteiger charge is -2.28. The zero-order valence-electron chi connectivity index (χ0n) is 9.85. The summed E-state index contributed by atoms with van der Waals surface area (Å²) in [5, 5.41) is 9.08. The third-order valence-corrected chi connectivity index (χ3v) is 3.82. The smallest absolute Gasteiger partial charge is 0.236 e. The van der Waals surface area contributed by atoms with E-state index in [2.05, 4.69) is 11.0 Å². The Kier molecular flexibility index (Phi) is 3.45. The van der Waals surface area contributed by atoms with Crippen LogP contribution in [0.3, 0.4) is 0 Å². The highest BCUT2D eigenvalue weighted by Crippen LogP contribution is 2.30. The van der Waals surface area contributed by atoms with Gasteiger partial charge in [-0.25, -0.2) is 0 Å². The predicted molar refractivity (Wildman–Crippen MR) is 60.6 cm³/mol. The van der Waals surface area contributed by atoms with E-state index in [1.165, 1.54) is 0 Å². The summed E-state index contributed by atoms with van der Waals surface area (Å²) in [6.45, 7) is 2.30. The van der Waals surface area contributed by atoms with Crippen molar-refractivity contribution < 1.29 is 4.79 Å². The van der Waals surface area contributed by atoms with Crippen LogP contribution >= 0.6 is 0 Å². The minimum absolute atomic E-state index is 0.135. The first kappa shape index (κ1) is 11.4. The summed E-state index contributed by atoms with van der Waals surface area (Å²) in [6.07, 6.45) is 4.23. The van der Waals surface area contributed by atoms with E-state index < -0.39 is 0 Å². The molecule has 2 rings (SSSR count). The van der Waals surface area contributed by atoms with Gasteiger partial charge in [0.15, 0.2) is 0 Å². The molecule has 0 N–H and O–H groups in total. The molecular formula is C12H19N3O. The first-order valence-corrected chi connectivity index (χ1v) is 6.10. The highest BCUT2D eigenvalue weighted by molar-refractivity contribution is 5.78. The molecule has 4 nitrogen and oxygen atoms in total. The summed E-state index contributed by atoms with van der Waals surface area (Å²) < 4.78 is 0. The molecule has 1 heterocycles. The second kappa shape index (κ2) is 4.84. The monoisotopic (exact) mass is 221 g/mol. The van der Waals surface area contributed by atoms with Gasteiger partial charge in [0.05, 0.1) is 18.5 Å². The highest BCUT2D eigenvalue weighted by atomic mass is 16.2. The molecular weight excluding hydrogens is 202 g/mol. The second-order valence-electron chi connectivity index (χ2n) is 4.87. The maximum atomic E-state index is 11.8. The lowest BCUT2D eigenvalue weighted by molar-refractivity contribution is -0.130. The van der Waals surface area contributed by atoms with E-state index in [1.807, 2.05) is 7.05 Å². The summed E-state index contributed by atoms with van der Waals surface area (Å²) in [5.41, 5.74) is 0. The molecule has 0 spiro atoms. The molecule has 0 aromatic carbocycles. The van der Waals surface area contributed by atoms with Gasteiger partial charge in [-0.1, -0.05) is 6.42 Å². The molecule has 1 saturated carbocycles. The minimum Gasteiger partial charge on any atom is -0.345 e. The first-order chi connectivity index (χ1) is 7.72. The van der Waals surface area contributed by atoms with Crippen LogP contribution in [-0.4, -0.2) is 48.4 Å². The van der Waals surface area contributed by atoms with Gasteiger partial charge < -0.3 is 4.90 Å². The molecule has 0 radical (unpaired) electrons. The molecule has 0 aromatic heterocycles. The number of nitrogens with zero attached hydrogens (tertiary/aromatic N) is 3. The number of carbonyl (C=O) groups excluding carboxylic acids is 1. The van der Waals surface area contributed by atoms with Crippen LogP contribution in [0.1, 0.15) is 25.7 Å². The number of nitriles is 1. The van der Waals surface area contributed by atoms with E-state index in [0.29, 0.717) is 12.6 Å². The van der Waals surface area contributed by atoms with Crippen molar-refractivity contribution >= 4 is 5.91 Å². The van der Waals surface area contributed by atoms with Crippen LogP contribution in [-0.2, 0) is 4.79 Å². The molecule has 0 bridgehead atoms. The molecule has 1 aliphatic heterocycles. The average Bonchev–Trinajstić information content (AvgIpc) is 2.68. The fraction of sp³-hybridized carbons (Fsp3) is 0.833. The summed E-state index contributed by atoms with van der Waals surface area (Å²) in [6, 6.07) is 2.71. The standard InChI is InChI=1S/C12H19N3O/c1-14-6-3-7-15(9-12(14)16)11-5-2-4-10(11)8-13/h10-11H,2-7,9H2,1H3. The van der Waals surface area contributed by atoms with Gasteiger partial charge >= 0.3 is 0 Å². The quantitative estimate of drug-likeness (QED) is 0.659. The van der Waals surface area contributed by atoms with Crippen molar-refractivity contribution in [1.29, 1.82) is 5.26 Å². The Hall–Kier alpha value is -1.08. The van der Waals surface area contributed by atoms with Crippen molar-refractivity contribution in [1.82, 2.24) is 9.80 Å². The fourth-order valence-electron chi connectivity index (χ4n) is 2.82. The zero-order valence-corrected chi connectivity index (χ0v) is 9.85. The van der Waals surface area contributed by atoms with Crippen molar-refractivity contribution in [2.75, 3.05) is 26.7 Å². The zero-order chi connectivity index (χ0) is 11.5. The first-order valence-electron chi connectivity index (χ1n) is 6.10. The maximum Gasteiger partial charge on any atom is 0.236 e. The van der Waals surface area contributed by atoms with Crippen molar-refractivity contribution in [3.63, 3.8) is 0 Å². The molecule has 2 fully saturated rings. The second-order valence-corrected chi connectivity index (χ2v) is 4.87. The van der Waals surface area contributed by atoms with Crippen LogP contribution < -0.4 is 0 Å². The largest absolute Gasteiger partial charge is 0.345 e. The van der Waals surface area contributed by atoms with Crippen LogP contribution in [0.5, 0.6) is 0 Å². The third kappa shape index (κ3) is 2.19. The normalized spacial score (nSPS) is 32.5. The Labute approximate surface area is 96.8 Å². The van der Waals surface area contributed by atoms with Gasteiger partial charge in [-0.3, -0.25) is 9.69 Å². The van der Waals surface area contributed by atoms with Crippen LogP contribution in [0, 0.1) is 17.2 Å². The molecule has 2 unspecified atom stereocenters. The van der Waals surface area contributed by atoms with E-state index >= 15 is 0 Å². The van der Waals surface area contributed by atoms with Gasteiger partial charge in [0.1, 0.15) is 0 Å². The molecule has 16 heavy (non-hydrogen) atoms. The molecule has 1 amide bonds. The maximum absolute atomic E-state index is 11.8. The van der Waals surface area contributed by atoms with E-state index in [9.17, 15) is 4.79 Å². The Morgan fingerprint density at radius 1 is 1.31 bits per heavy atom. The van der Waals surface area contributed by atoms with E-state index in [-0.39, 0.29) is 11.8 Å². The van der Waals surface area contributed by atoms with E-state index in [4.69, 9.17) is 5.26 Å². The van der Waals surface area contributed by atoms with Crippen LogP contribution in [0.15, 0.2) is 0 Å².